The molecule has 24 heavy (non-hydrogen) atoms. The summed E-state index contributed by atoms with van der Waals surface area (Å²) in [5, 5.41) is 0. The SMILES string of the molecule is CCOc1cc(C(=O)NNC(=O)c2ccc(F)cc2)ccc1OC. The van der Waals surface area contributed by atoms with Gasteiger partial charge in [-0.05, 0) is 49.4 Å². The number of rotatable bonds is 5. The fraction of sp³-hybridized carbons (Fsp3) is 0.176. The molecule has 0 atom stereocenters. The predicted molar refractivity (Wildman–Crippen MR) is 85.5 cm³/mol. The van der Waals surface area contributed by atoms with Crippen molar-refractivity contribution in [2.24, 2.45) is 0 Å². The van der Waals surface area contributed by atoms with E-state index < -0.39 is 17.6 Å². The van der Waals surface area contributed by atoms with Crippen molar-refractivity contribution in [3.05, 3.63) is 59.4 Å². The molecule has 0 aliphatic rings. The molecular weight excluding hydrogens is 315 g/mol. The molecule has 0 aromatic heterocycles. The van der Waals surface area contributed by atoms with Crippen molar-refractivity contribution in [1.82, 2.24) is 10.9 Å². The van der Waals surface area contributed by atoms with E-state index in [0.717, 1.165) is 12.1 Å². The number of methoxy groups -OCH3 is 1. The molecule has 0 radical (unpaired) electrons. The van der Waals surface area contributed by atoms with Crippen LogP contribution in [0.5, 0.6) is 11.5 Å². The number of nitrogens with one attached hydrogen (secondary N) is 2. The van der Waals surface area contributed by atoms with Crippen molar-refractivity contribution in [2.45, 2.75) is 6.92 Å². The lowest BCUT2D eigenvalue weighted by molar-refractivity contribution is 0.0846. The Morgan fingerprint density at radius 1 is 0.958 bits per heavy atom. The maximum atomic E-state index is 12.8. The molecule has 2 rings (SSSR count). The number of carbonyl (C=O) groups is 2. The van der Waals surface area contributed by atoms with E-state index in [1.165, 1.54) is 25.3 Å². The Bertz CT molecular complexity index is 732. The van der Waals surface area contributed by atoms with Crippen LogP contribution >= 0.6 is 0 Å². The van der Waals surface area contributed by atoms with E-state index in [0.29, 0.717) is 23.7 Å². The van der Waals surface area contributed by atoms with E-state index in [4.69, 9.17) is 9.47 Å². The minimum Gasteiger partial charge on any atom is -0.493 e. The Labute approximate surface area is 138 Å². The molecule has 0 heterocycles. The van der Waals surface area contributed by atoms with Gasteiger partial charge in [-0.2, -0.15) is 0 Å². The Morgan fingerprint density at radius 2 is 1.54 bits per heavy atom. The Kier molecular flexibility index (Phi) is 5.73. The molecule has 0 saturated carbocycles. The van der Waals surface area contributed by atoms with Gasteiger partial charge in [0.1, 0.15) is 5.82 Å². The van der Waals surface area contributed by atoms with Crippen molar-refractivity contribution in [2.75, 3.05) is 13.7 Å². The second-order valence-electron chi connectivity index (χ2n) is 4.71. The van der Waals surface area contributed by atoms with Crippen LogP contribution in [0, 0.1) is 5.82 Å². The fourth-order valence-electron chi connectivity index (χ4n) is 1.95. The lowest BCUT2D eigenvalue weighted by Crippen LogP contribution is -2.41. The molecule has 2 aromatic rings. The minimum atomic E-state index is -0.554. The second kappa shape index (κ2) is 7.96. The summed E-state index contributed by atoms with van der Waals surface area (Å²) in [4.78, 5) is 24.0. The van der Waals surface area contributed by atoms with E-state index in [2.05, 4.69) is 10.9 Å². The highest BCUT2D eigenvalue weighted by Crippen LogP contribution is 2.27. The third-order valence-corrected chi connectivity index (χ3v) is 3.12. The third kappa shape index (κ3) is 4.22. The van der Waals surface area contributed by atoms with Crippen LogP contribution in [0.15, 0.2) is 42.5 Å². The first kappa shape index (κ1) is 17.3. The molecule has 6 nitrogen and oxygen atoms in total. The van der Waals surface area contributed by atoms with E-state index in [1.807, 2.05) is 6.92 Å². The number of hydrogen-bond donors (Lipinski definition) is 2. The van der Waals surface area contributed by atoms with Gasteiger partial charge in [0.2, 0.25) is 0 Å². The second-order valence-corrected chi connectivity index (χ2v) is 4.71. The molecule has 0 spiro atoms. The maximum Gasteiger partial charge on any atom is 0.269 e. The lowest BCUT2D eigenvalue weighted by Gasteiger charge is -2.11. The standard InChI is InChI=1S/C17H17FN2O4/c1-3-24-15-10-12(6-9-14(15)23-2)17(22)20-19-16(21)11-4-7-13(18)8-5-11/h4-10H,3H2,1-2H3,(H,19,21)(H,20,22). The number of hydrogen-bond acceptors (Lipinski definition) is 4. The number of hydrazine groups is 1. The molecule has 0 aliphatic carbocycles. The van der Waals surface area contributed by atoms with Crippen molar-refractivity contribution in [1.29, 1.82) is 0 Å². The maximum absolute atomic E-state index is 12.8. The van der Waals surface area contributed by atoms with Crippen molar-refractivity contribution in [3.63, 3.8) is 0 Å². The summed E-state index contributed by atoms with van der Waals surface area (Å²) in [5.74, 6) is -0.588. The zero-order chi connectivity index (χ0) is 17.5. The van der Waals surface area contributed by atoms with Gasteiger partial charge >= 0.3 is 0 Å². The third-order valence-electron chi connectivity index (χ3n) is 3.12. The van der Waals surface area contributed by atoms with Crippen LogP contribution in [-0.4, -0.2) is 25.5 Å². The van der Waals surface area contributed by atoms with Gasteiger partial charge in [0.25, 0.3) is 11.8 Å². The first-order valence-corrected chi connectivity index (χ1v) is 7.22. The van der Waals surface area contributed by atoms with Crippen LogP contribution < -0.4 is 20.3 Å². The highest BCUT2D eigenvalue weighted by Gasteiger charge is 2.12. The summed E-state index contributed by atoms with van der Waals surface area (Å²) in [7, 11) is 1.50. The molecule has 0 aliphatic heterocycles. The van der Waals surface area contributed by atoms with Gasteiger partial charge in [-0.25, -0.2) is 4.39 Å². The molecule has 0 unspecified atom stereocenters. The van der Waals surface area contributed by atoms with Gasteiger partial charge in [0.05, 0.1) is 13.7 Å². The van der Waals surface area contributed by atoms with Crippen molar-refractivity contribution < 1.29 is 23.5 Å². The smallest absolute Gasteiger partial charge is 0.269 e. The zero-order valence-electron chi connectivity index (χ0n) is 13.3. The van der Waals surface area contributed by atoms with Gasteiger partial charge in [-0.15, -0.1) is 0 Å². The van der Waals surface area contributed by atoms with Gasteiger partial charge in [-0.3, -0.25) is 20.4 Å². The van der Waals surface area contributed by atoms with Crippen LogP contribution in [0.2, 0.25) is 0 Å². The molecule has 0 bridgehead atoms. The number of halogens is 1. The van der Waals surface area contributed by atoms with E-state index >= 15 is 0 Å². The highest BCUT2D eigenvalue weighted by molar-refractivity contribution is 5.99. The molecule has 7 heteroatoms. The summed E-state index contributed by atoms with van der Waals surface area (Å²) in [6.45, 7) is 2.23. The van der Waals surface area contributed by atoms with Crippen molar-refractivity contribution >= 4 is 11.8 Å². The normalized spacial score (nSPS) is 9.96. The molecule has 2 N–H and O–H groups in total. The molecule has 2 aromatic carbocycles. The van der Waals surface area contributed by atoms with Gasteiger partial charge in [0.15, 0.2) is 11.5 Å². The molecule has 126 valence electrons. The minimum absolute atomic E-state index is 0.224. The van der Waals surface area contributed by atoms with Crippen LogP contribution in [-0.2, 0) is 0 Å². The lowest BCUT2D eigenvalue weighted by atomic mass is 10.2. The molecule has 2 amide bonds. The summed E-state index contributed by atoms with van der Waals surface area (Å²) < 4.78 is 23.4. The fourth-order valence-corrected chi connectivity index (χ4v) is 1.95. The Hall–Kier alpha value is -3.09. The van der Waals surface area contributed by atoms with Crippen LogP contribution in [0.4, 0.5) is 4.39 Å². The summed E-state index contributed by atoms with van der Waals surface area (Å²) >= 11 is 0. The molecular formula is C17H17FN2O4. The largest absolute Gasteiger partial charge is 0.493 e. The highest BCUT2D eigenvalue weighted by atomic mass is 19.1. The number of amides is 2. The van der Waals surface area contributed by atoms with Gasteiger partial charge < -0.3 is 9.47 Å². The molecule has 0 saturated heterocycles. The van der Waals surface area contributed by atoms with Crippen LogP contribution in [0.25, 0.3) is 0 Å². The van der Waals surface area contributed by atoms with Crippen molar-refractivity contribution in [3.8, 4) is 11.5 Å². The summed E-state index contributed by atoms with van der Waals surface area (Å²) in [6.07, 6.45) is 0. The van der Waals surface area contributed by atoms with Crippen LogP contribution in [0.3, 0.4) is 0 Å². The topological polar surface area (TPSA) is 76.7 Å². The first-order chi connectivity index (χ1) is 11.5. The number of carbonyl (C=O) groups excluding carboxylic acids is 2. The summed E-state index contributed by atoms with van der Waals surface area (Å²) in [6, 6.07) is 9.61. The Balaban J connectivity index is 2.03. The number of ether oxygens (including phenoxy) is 2. The average Bonchev–Trinajstić information content (AvgIpc) is 2.60. The van der Waals surface area contributed by atoms with Crippen LogP contribution in [0.1, 0.15) is 27.6 Å². The average molecular weight is 332 g/mol. The predicted octanol–water partition coefficient (Wildman–Crippen LogP) is 2.31. The Morgan fingerprint density at radius 3 is 2.12 bits per heavy atom. The van der Waals surface area contributed by atoms with E-state index in [1.54, 1.807) is 12.1 Å². The van der Waals surface area contributed by atoms with E-state index in [-0.39, 0.29) is 5.56 Å². The first-order valence-electron chi connectivity index (χ1n) is 7.22. The zero-order valence-corrected chi connectivity index (χ0v) is 13.3. The quantitative estimate of drug-likeness (QED) is 0.824. The molecule has 0 fully saturated rings. The van der Waals surface area contributed by atoms with Gasteiger partial charge in [0, 0.05) is 11.1 Å². The summed E-state index contributed by atoms with van der Waals surface area (Å²) in [5.41, 5.74) is 5.07. The monoisotopic (exact) mass is 332 g/mol. The number of benzene rings is 2. The van der Waals surface area contributed by atoms with E-state index in [9.17, 15) is 14.0 Å². The van der Waals surface area contributed by atoms with Gasteiger partial charge in [-0.1, -0.05) is 0 Å².